The van der Waals surface area contributed by atoms with Crippen molar-refractivity contribution in [3.8, 4) is 0 Å². The molecule has 1 aromatic carbocycles. The summed E-state index contributed by atoms with van der Waals surface area (Å²) in [7, 11) is 0. The van der Waals surface area contributed by atoms with Crippen LogP contribution in [-0.4, -0.2) is 4.98 Å². The van der Waals surface area contributed by atoms with E-state index in [1.54, 1.807) is 0 Å². The molecule has 2 nitrogen and oxygen atoms in total. The first-order valence-electron chi connectivity index (χ1n) is 5.54. The van der Waals surface area contributed by atoms with Gasteiger partial charge in [-0.3, -0.25) is 4.79 Å². The fraction of sp³-hybridized carbons (Fsp3) is 0.308. The zero-order valence-corrected chi connectivity index (χ0v) is 11.0. The highest BCUT2D eigenvalue weighted by Crippen LogP contribution is 2.32. The number of hydrogen-bond acceptors (Lipinski definition) is 1. The number of rotatable bonds is 2. The highest BCUT2D eigenvalue weighted by molar-refractivity contribution is 14.1. The van der Waals surface area contributed by atoms with E-state index in [-0.39, 0.29) is 5.56 Å². The fourth-order valence-electron chi connectivity index (χ4n) is 2.00. The summed E-state index contributed by atoms with van der Waals surface area (Å²) < 4.78 is 1.15. The number of pyridine rings is 1. The van der Waals surface area contributed by atoms with Gasteiger partial charge in [0.1, 0.15) is 0 Å². The molecule has 82 valence electrons. The Balaban J connectivity index is 2.13. The van der Waals surface area contributed by atoms with Crippen molar-refractivity contribution in [1.82, 2.24) is 4.98 Å². The molecule has 0 unspecified atom stereocenters. The summed E-state index contributed by atoms with van der Waals surface area (Å²) in [6.07, 6.45) is 3.51. The van der Waals surface area contributed by atoms with Gasteiger partial charge in [0.05, 0.1) is 0 Å². The Hall–Kier alpha value is -0.840. The molecule has 0 bridgehead atoms. The molecule has 3 heteroatoms. The number of nitrogens with one attached hydrogen (secondary N) is 1. The van der Waals surface area contributed by atoms with Gasteiger partial charge in [-0.1, -0.05) is 6.07 Å². The maximum atomic E-state index is 11.8. The number of benzene rings is 1. The van der Waals surface area contributed by atoms with Crippen molar-refractivity contribution in [2.75, 3.05) is 0 Å². The molecule has 0 radical (unpaired) electrons. The second-order valence-corrected chi connectivity index (χ2v) is 5.75. The van der Waals surface area contributed by atoms with Gasteiger partial charge in [0.25, 0.3) is 5.56 Å². The minimum absolute atomic E-state index is 0.0846. The molecule has 0 aliphatic heterocycles. The summed E-state index contributed by atoms with van der Waals surface area (Å²) >= 11 is 2.26. The zero-order chi connectivity index (χ0) is 11.1. The summed E-state index contributed by atoms with van der Waals surface area (Å²) in [6, 6.07) is 8.20. The van der Waals surface area contributed by atoms with Crippen LogP contribution in [0.25, 0.3) is 10.9 Å². The van der Waals surface area contributed by atoms with Gasteiger partial charge < -0.3 is 4.98 Å². The fourth-order valence-corrected chi connectivity index (χ4v) is 2.49. The van der Waals surface area contributed by atoms with E-state index < -0.39 is 0 Å². The zero-order valence-electron chi connectivity index (χ0n) is 8.79. The lowest BCUT2D eigenvalue weighted by Gasteiger charge is -2.02. The Kier molecular flexibility index (Phi) is 2.50. The predicted molar refractivity (Wildman–Crippen MR) is 73.7 cm³/mol. The van der Waals surface area contributed by atoms with Crippen LogP contribution in [0.3, 0.4) is 0 Å². The van der Waals surface area contributed by atoms with E-state index in [1.807, 2.05) is 12.1 Å². The van der Waals surface area contributed by atoms with Gasteiger partial charge in [-0.25, -0.2) is 0 Å². The summed E-state index contributed by atoms with van der Waals surface area (Å²) in [5.74, 6) is 0.752. The molecule has 0 saturated heterocycles. The Morgan fingerprint density at radius 2 is 2.12 bits per heavy atom. The largest absolute Gasteiger partial charge is 0.322 e. The van der Waals surface area contributed by atoms with Crippen molar-refractivity contribution in [3.05, 3.63) is 43.8 Å². The molecule has 1 saturated carbocycles. The standard InChI is InChI=1S/C13H12INO/c14-11-4-3-9-6-10(5-8-1-2-8)13(16)15-12(9)7-11/h3-4,6-8H,1-2,5H2,(H,15,16). The minimum atomic E-state index is 0.0846. The molecular formula is C13H12INO. The third kappa shape index (κ3) is 2.00. The van der Waals surface area contributed by atoms with Crippen molar-refractivity contribution < 1.29 is 0 Å². The van der Waals surface area contributed by atoms with Gasteiger partial charge in [-0.2, -0.15) is 0 Å². The van der Waals surface area contributed by atoms with E-state index >= 15 is 0 Å². The van der Waals surface area contributed by atoms with Crippen LogP contribution in [0.15, 0.2) is 29.1 Å². The predicted octanol–water partition coefficient (Wildman–Crippen LogP) is 3.09. The normalized spacial score (nSPS) is 15.6. The summed E-state index contributed by atoms with van der Waals surface area (Å²) in [4.78, 5) is 14.8. The first kappa shape index (κ1) is 10.3. The molecule has 1 heterocycles. The van der Waals surface area contributed by atoms with Crippen molar-refractivity contribution in [1.29, 1.82) is 0 Å². The summed E-state index contributed by atoms with van der Waals surface area (Å²) in [5, 5.41) is 1.13. The molecule has 1 fully saturated rings. The Bertz CT molecular complexity index is 598. The van der Waals surface area contributed by atoms with Gasteiger partial charge in [0.15, 0.2) is 0 Å². The van der Waals surface area contributed by atoms with Gasteiger partial charge in [0, 0.05) is 14.7 Å². The number of aromatic nitrogens is 1. The van der Waals surface area contributed by atoms with E-state index in [2.05, 4.69) is 39.7 Å². The monoisotopic (exact) mass is 325 g/mol. The lowest BCUT2D eigenvalue weighted by atomic mass is 10.1. The molecule has 16 heavy (non-hydrogen) atoms. The van der Waals surface area contributed by atoms with E-state index in [9.17, 15) is 4.79 Å². The average Bonchev–Trinajstić information content (AvgIpc) is 3.03. The molecule has 1 N–H and O–H groups in total. The van der Waals surface area contributed by atoms with Gasteiger partial charge in [-0.15, -0.1) is 0 Å². The molecule has 1 aliphatic carbocycles. The molecule has 0 spiro atoms. The molecule has 1 aliphatic rings. The van der Waals surface area contributed by atoms with Crippen LogP contribution < -0.4 is 5.56 Å². The third-order valence-corrected chi connectivity index (χ3v) is 3.76. The number of H-pyrrole nitrogens is 1. The molecule has 1 aromatic heterocycles. The number of aromatic amines is 1. The lowest BCUT2D eigenvalue weighted by molar-refractivity contribution is 0.821. The van der Waals surface area contributed by atoms with Crippen molar-refractivity contribution >= 4 is 33.5 Å². The molecule has 0 amide bonds. The average molecular weight is 325 g/mol. The molecular weight excluding hydrogens is 313 g/mol. The minimum Gasteiger partial charge on any atom is -0.322 e. The Morgan fingerprint density at radius 3 is 2.88 bits per heavy atom. The van der Waals surface area contributed by atoms with Crippen LogP contribution in [-0.2, 0) is 6.42 Å². The maximum Gasteiger partial charge on any atom is 0.251 e. The first-order valence-corrected chi connectivity index (χ1v) is 6.62. The number of fused-ring (bicyclic) bond motifs is 1. The molecule has 0 atom stereocenters. The quantitative estimate of drug-likeness (QED) is 0.846. The lowest BCUT2D eigenvalue weighted by Crippen LogP contribution is -2.12. The van der Waals surface area contributed by atoms with Crippen molar-refractivity contribution in [3.63, 3.8) is 0 Å². The number of halogens is 1. The van der Waals surface area contributed by atoms with Crippen LogP contribution in [0, 0.1) is 9.49 Å². The topological polar surface area (TPSA) is 32.9 Å². The van der Waals surface area contributed by atoms with E-state index in [4.69, 9.17) is 0 Å². The highest BCUT2D eigenvalue weighted by Gasteiger charge is 2.22. The van der Waals surface area contributed by atoms with Crippen molar-refractivity contribution in [2.45, 2.75) is 19.3 Å². The van der Waals surface area contributed by atoms with Crippen LogP contribution in [0.5, 0.6) is 0 Å². The molecule has 3 rings (SSSR count). The van der Waals surface area contributed by atoms with Crippen LogP contribution in [0.1, 0.15) is 18.4 Å². The molecule has 2 aromatic rings. The van der Waals surface area contributed by atoms with E-state index in [0.29, 0.717) is 0 Å². The van der Waals surface area contributed by atoms with Crippen LogP contribution in [0.4, 0.5) is 0 Å². The van der Waals surface area contributed by atoms with Crippen molar-refractivity contribution in [2.24, 2.45) is 5.92 Å². The second kappa shape index (κ2) is 3.87. The van der Waals surface area contributed by atoms with Gasteiger partial charge in [0.2, 0.25) is 0 Å². The maximum absolute atomic E-state index is 11.8. The van der Waals surface area contributed by atoms with Gasteiger partial charge in [-0.05, 0) is 71.4 Å². The SMILES string of the molecule is O=c1[nH]c2cc(I)ccc2cc1CC1CC1. The van der Waals surface area contributed by atoms with Gasteiger partial charge >= 0.3 is 0 Å². The highest BCUT2D eigenvalue weighted by atomic mass is 127. The summed E-state index contributed by atoms with van der Waals surface area (Å²) in [5.41, 5.74) is 1.97. The van der Waals surface area contributed by atoms with Crippen LogP contribution in [0.2, 0.25) is 0 Å². The number of hydrogen-bond donors (Lipinski definition) is 1. The first-order chi connectivity index (χ1) is 7.72. The Morgan fingerprint density at radius 1 is 1.31 bits per heavy atom. The van der Waals surface area contributed by atoms with E-state index in [1.165, 1.54) is 12.8 Å². The third-order valence-electron chi connectivity index (χ3n) is 3.09. The van der Waals surface area contributed by atoms with E-state index in [0.717, 1.165) is 32.4 Å². The Labute approximate surface area is 107 Å². The van der Waals surface area contributed by atoms with Crippen LogP contribution >= 0.6 is 22.6 Å². The smallest absolute Gasteiger partial charge is 0.251 e. The second-order valence-electron chi connectivity index (χ2n) is 4.50. The summed E-state index contributed by atoms with van der Waals surface area (Å²) in [6.45, 7) is 0.